The Hall–Kier alpha value is -2.46. The SMILES string of the molecule is COc1cc(/C=C/c2ccc(OCC3CO3)cc2)cc(OC)c1. The van der Waals surface area contributed by atoms with Gasteiger partial charge in [0, 0.05) is 6.07 Å². The summed E-state index contributed by atoms with van der Waals surface area (Å²) in [7, 11) is 3.29. The Morgan fingerprint density at radius 3 is 2.09 bits per heavy atom. The Morgan fingerprint density at radius 1 is 0.913 bits per heavy atom. The summed E-state index contributed by atoms with van der Waals surface area (Å²) in [6.07, 6.45) is 4.35. The molecule has 0 aliphatic carbocycles. The van der Waals surface area contributed by atoms with Crippen molar-refractivity contribution >= 4 is 12.2 Å². The largest absolute Gasteiger partial charge is 0.497 e. The second-order valence-electron chi connectivity index (χ2n) is 5.31. The van der Waals surface area contributed by atoms with Gasteiger partial charge < -0.3 is 18.9 Å². The lowest BCUT2D eigenvalue weighted by Gasteiger charge is -2.06. The summed E-state index contributed by atoms with van der Waals surface area (Å²) < 4.78 is 21.3. The van der Waals surface area contributed by atoms with Crippen molar-refractivity contribution in [1.82, 2.24) is 0 Å². The summed E-state index contributed by atoms with van der Waals surface area (Å²) in [6, 6.07) is 13.8. The highest BCUT2D eigenvalue weighted by Crippen LogP contribution is 2.24. The van der Waals surface area contributed by atoms with Crippen molar-refractivity contribution in [3.05, 3.63) is 53.6 Å². The summed E-state index contributed by atoms with van der Waals surface area (Å²) in [6.45, 7) is 1.43. The minimum Gasteiger partial charge on any atom is -0.497 e. The molecule has 1 fully saturated rings. The lowest BCUT2D eigenvalue weighted by atomic mass is 10.1. The zero-order chi connectivity index (χ0) is 16.1. The molecule has 0 N–H and O–H groups in total. The normalized spacial score (nSPS) is 16.3. The number of hydrogen-bond donors (Lipinski definition) is 0. The molecular formula is C19H20O4. The van der Waals surface area contributed by atoms with E-state index in [0.29, 0.717) is 6.61 Å². The number of benzene rings is 2. The fraction of sp³-hybridized carbons (Fsp3) is 0.263. The zero-order valence-electron chi connectivity index (χ0n) is 13.3. The van der Waals surface area contributed by atoms with E-state index in [1.165, 1.54) is 0 Å². The van der Waals surface area contributed by atoms with Crippen LogP contribution in [0.15, 0.2) is 42.5 Å². The van der Waals surface area contributed by atoms with Crippen molar-refractivity contribution in [2.24, 2.45) is 0 Å². The van der Waals surface area contributed by atoms with Crippen LogP contribution in [-0.2, 0) is 4.74 Å². The Balaban J connectivity index is 1.66. The molecule has 0 radical (unpaired) electrons. The highest BCUT2D eigenvalue weighted by Gasteiger charge is 2.22. The van der Waals surface area contributed by atoms with E-state index < -0.39 is 0 Å². The first kappa shape index (κ1) is 15.4. The van der Waals surface area contributed by atoms with E-state index in [1.54, 1.807) is 14.2 Å². The Bertz CT molecular complexity index is 650. The van der Waals surface area contributed by atoms with E-state index in [9.17, 15) is 0 Å². The van der Waals surface area contributed by atoms with Gasteiger partial charge in [0.1, 0.15) is 30.0 Å². The number of ether oxygens (including phenoxy) is 4. The molecule has 120 valence electrons. The fourth-order valence-electron chi connectivity index (χ4n) is 2.15. The summed E-state index contributed by atoms with van der Waals surface area (Å²) >= 11 is 0. The van der Waals surface area contributed by atoms with Crippen LogP contribution >= 0.6 is 0 Å². The first-order chi connectivity index (χ1) is 11.3. The Morgan fingerprint density at radius 2 is 1.52 bits per heavy atom. The molecule has 1 heterocycles. The van der Waals surface area contributed by atoms with E-state index >= 15 is 0 Å². The molecule has 2 aromatic rings. The molecule has 0 spiro atoms. The van der Waals surface area contributed by atoms with Crippen LogP contribution in [0.2, 0.25) is 0 Å². The van der Waals surface area contributed by atoms with Gasteiger partial charge in [-0.3, -0.25) is 0 Å². The van der Waals surface area contributed by atoms with Crippen LogP contribution in [-0.4, -0.2) is 33.5 Å². The van der Waals surface area contributed by atoms with Crippen molar-refractivity contribution in [3.8, 4) is 17.2 Å². The Labute approximate surface area is 136 Å². The van der Waals surface area contributed by atoms with E-state index in [1.807, 2.05) is 54.6 Å². The molecule has 0 amide bonds. The number of hydrogen-bond acceptors (Lipinski definition) is 4. The molecule has 1 aliphatic rings. The van der Waals surface area contributed by atoms with Crippen LogP contribution in [0.5, 0.6) is 17.2 Å². The predicted molar refractivity (Wildman–Crippen MR) is 90.2 cm³/mol. The van der Waals surface area contributed by atoms with Crippen molar-refractivity contribution in [2.45, 2.75) is 6.10 Å². The first-order valence-corrected chi connectivity index (χ1v) is 7.52. The van der Waals surface area contributed by atoms with Gasteiger partial charge in [0.25, 0.3) is 0 Å². The van der Waals surface area contributed by atoms with Crippen LogP contribution in [0.3, 0.4) is 0 Å². The highest BCUT2D eigenvalue weighted by molar-refractivity contribution is 5.71. The first-order valence-electron chi connectivity index (χ1n) is 7.52. The second kappa shape index (κ2) is 7.20. The lowest BCUT2D eigenvalue weighted by Crippen LogP contribution is -2.03. The molecule has 3 rings (SSSR count). The van der Waals surface area contributed by atoms with Crippen LogP contribution in [0.25, 0.3) is 12.2 Å². The minimum atomic E-state index is 0.276. The third kappa shape index (κ3) is 4.50. The molecule has 1 saturated heterocycles. The monoisotopic (exact) mass is 312 g/mol. The van der Waals surface area contributed by atoms with Crippen molar-refractivity contribution < 1.29 is 18.9 Å². The van der Waals surface area contributed by atoms with Crippen LogP contribution in [0, 0.1) is 0 Å². The topological polar surface area (TPSA) is 40.2 Å². The fourth-order valence-corrected chi connectivity index (χ4v) is 2.15. The molecule has 2 aromatic carbocycles. The van der Waals surface area contributed by atoms with Gasteiger partial charge in [-0.1, -0.05) is 24.3 Å². The van der Waals surface area contributed by atoms with Crippen LogP contribution in [0.1, 0.15) is 11.1 Å². The van der Waals surface area contributed by atoms with Gasteiger partial charge in [0.2, 0.25) is 0 Å². The van der Waals surface area contributed by atoms with Gasteiger partial charge >= 0.3 is 0 Å². The molecule has 1 unspecified atom stereocenters. The van der Waals surface area contributed by atoms with Crippen LogP contribution < -0.4 is 14.2 Å². The number of rotatable bonds is 7. The third-order valence-electron chi connectivity index (χ3n) is 3.56. The van der Waals surface area contributed by atoms with Crippen molar-refractivity contribution in [2.75, 3.05) is 27.4 Å². The minimum absolute atomic E-state index is 0.276. The molecule has 0 aromatic heterocycles. The zero-order valence-corrected chi connectivity index (χ0v) is 13.3. The maximum absolute atomic E-state index is 5.63. The quantitative estimate of drug-likeness (QED) is 0.578. The average Bonchev–Trinajstić information content (AvgIpc) is 3.43. The smallest absolute Gasteiger partial charge is 0.123 e. The standard InChI is InChI=1S/C19H20O4/c1-20-17-9-15(10-18(11-17)21-2)4-3-14-5-7-16(8-6-14)22-12-19-13-23-19/h3-11,19H,12-13H2,1-2H3/b4-3+. The summed E-state index contributed by atoms with van der Waals surface area (Å²) in [5.41, 5.74) is 2.12. The molecular weight excluding hydrogens is 292 g/mol. The molecule has 1 aliphatic heterocycles. The van der Waals surface area contributed by atoms with Gasteiger partial charge in [0.15, 0.2) is 0 Å². The Kier molecular flexibility index (Phi) is 4.83. The molecule has 23 heavy (non-hydrogen) atoms. The van der Waals surface area contributed by atoms with E-state index in [0.717, 1.165) is 35.0 Å². The summed E-state index contributed by atoms with van der Waals surface area (Å²) in [5, 5.41) is 0. The van der Waals surface area contributed by atoms with Crippen LogP contribution in [0.4, 0.5) is 0 Å². The number of methoxy groups -OCH3 is 2. The molecule has 1 atom stereocenters. The lowest BCUT2D eigenvalue weighted by molar-refractivity contribution is 0.263. The maximum atomic E-state index is 5.63. The van der Waals surface area contributed by atoms with E-state index in [-0.39, 0.29) is 6.10 Å². The van der Waals surface area contributed by atoms with Crippen molar-refractivity contribution in [3.63, 3.8) is 0 Å². The molecule has 4 heteroatoms. The van der Waals surface area contributed by atoms with E-state index in [4.69, 9.17) is 18.9 Å². The molecule has 4 nitrogen and oxygen atoms in total. The van der Waals surface area contributed by atoms with Gasteiger partial charge in [-0.15, -0.1) is 0 Å². The average molecular weight is 312 g/mol. The summed E-state index contributed by atoms with van der Waals surface area (Å²) in [4.78, 5) is 0. The highest BCUT2D eigenvalue weighted by atomic mass is 16.6. The second-order valence-corrected chi connectivity index (χ2v) is 5.31. The third-order valence-corrected chi connectivity index (χ3v) is 3.56. The van der Waals surface area contributed by atoms with Gasteiger partial charge in [0.05, 0.1) is 20.8 Å². The summed E-state index contributed by atoms with van der Waals surface area (Å²) in [5.74, 6) is 2.41. The number of epoxide rings is 1. The maximum Gasteiger partial charge on any atom is 0.123 e. The van der Waals surface area contributed by atoms with Crippen molar-refractivity contribution in [1.29, 1.82) is 0 Å². The van der Waals surface area contributed by atoms with Gasteiger partial charge in [-0.2, -0.15) is 0 Å². The van der Waals surface area contributed by atoms with Gasteiger partial charge in [-0.05, 0) is 35.4 Å². The molecule has 0 saturated carbocycles. The van der Waals surface area contributed by atoms with Gasteiger partial charge in [-0.25, -0.2) is 0 Å². The molecule has 0 bridgehead atoms. The predicted octanol–water partition coefficient (Wildman–Crippen LogP) is 3.65. The van der Waals surface area contributed by atoms with E-state index in [2.05, 4.69) is 0 Å².